The molecule has 2 rings (SSSR count). The Kier molecular flexibility index (Phi) is 4.28. The second-order valence-electron chi connectivity index (χ2n) is 5.80. The molecule has 1 N–H and O–H groups in total. The van der Waals surface area contributed by atoms with Crippen LogP contribution in [-0.2, 0) is 0 Å². The third kappa shape index (κ3) is 2.63. The molecule has 20 heavy (non-hydrogen) atoms. The zero-order valence-electron chi connectivity index (χ0n) is 12.8. The zero-order chi connectivity index (χ0) is 14.8. The third-order valence-corrected chi connectivity index (χ3v) is 4.43. The highest BCUT2D eigenvalue weighted by Crippen LogP contribution is 2.36. The van der Waals surface area contributed by atoms with Crippen LogP contribution in [0.3, 0.4) is 0 Å². The number of carbonyl (C=O) groups is 1. The Morgan fingerprint density at radius 2 is 2.10 bits per heavy atom. The fraction of sp³-hybridized carbons (Fsp3) is 0.600. The van der Waals surface area contributed by atoms with Gasteiger partial charge < -0.3 is 15.1 Å². The van der Waals surface area contributed by atoms with Gasteiger partial charge in [-0.1, -0.05) is 0 Å². The molecule has 5 nitrogen and oxygen atoms in total. The first-order chi connectivity index (χ1) is 9.50. The van der Waals surface area contributed by atoms with Crippen molar-refractivity contribution in [2.45, 2.75) is 24.8 Å². The Bertz CT molecular complexity index is 483. The monoisotopic (exact) mass is 276 g/mol. The number of pyridine rings is 1. The van der Waals surface area contributed by atoms with E-state index in [2.05, 4.69) is 29.3 Å². The Morgan fingerprint density at radius 1 is 1.40 bits per heavy atom. The normalized spacial score (nSPS) is 16.6. The first-order valence-electron chi connectivity index (χ1n) is 7.05. The minimum atomic E-state index is 0.0462. The summed E-state index contributed by atoms with van der Waals surface area (Å²) >= 11 is 0. The molecule has 5 heteroatoms. The molecule has 1 aliphatic carbocycles. The van der Waals surface area contributed by atoms with Gasteiger partial charge in [-0.15, -0.1) is 0 Å². The summed E-state index contributed by atoms with van der Waals surface area (Å²) in [4.78, 5) is 20.7. The Labute approximate surface area is 121 Å². The topological polar surface area (TPSA) is 48.5 Å². The van der Waals surface area contributed by atoms with Crippen LogP contribution in [0.5, 0.6) is 0 Å². The maximum Gasteiger partial charge on any atom is 0.255 e. The highest BCUT2D eigenvalue weighted by Gasteiger charge is 2.40. The van der Waals surface area contributed by atoms with Crippen molar-refractivity contribution < 1.29 is 4.79 Å². The van der Waals surface area contributed by atoms with Crippen LogP contribution >= 0.6 is 0 Å². The number of likely N-dealkylation sites (N-methyl/N-ethyl adjacent to an activating group) is 2. The van der Waals surface area contributed by atoms with Crippen molar-refractivity contribution in [3.63, 3.8) is 0 Å². The second kappa shape index (κ2) is 5.79. The summed E-state index contributed by atoms with van der Waals surface area (Å²) in [6.07, 6.45) is 6.91. The molecule has 0 atom stereocenters. The fourth-order valence-corrected chi connectivity index (χ4v) is 2.83. The van der Waals surface area contributed by atoms with E-state index in [9.17, 15) is 4.79 Å². The van der Waals surface area contributed by atoms with E-state index >= 15 is 0 Å². The van der Waals surface area contributed by atoms with Crippen LogP contribution in [0.2, 0.25) is 0 Å². The number of nitrogens with zero attached hydrogens (tertiary/aromatic N) is 3. The standard InChI is InChI=1S/C15H24N4O/c1-16-13-10-17-9-6-12(13)14(20)19(4)11-15(18(2)3)7-5-8-15/h6,9-10,16H,5,7-8,11H2,1-4H3. The molecule has 1 aliphatic rings. The summed E-state index contributed by atoms with van der Waals surface area (Å²) in [6.45, 7) is 0.768. The maximum absolute atomic E-state index is 12.6. The van der Waals surface area contributed by atoms with Crippen molar-refractivity contribution in [3.8, 4) is 0 Å². The fourth-order valence-electron chi connectivity index (χ4n) is 2.83. The smallest absolute Gasteiger partial charge is 0.255 e. The summed E-state index contributed by atoms with van der Waals surface area (Å²) in [7, 11) is 7.89. The quantitative estimate of drug-likeness (QED) is 0.889. The molecule has 1 amide bonds. The number of carbonyl (C=O) groups excluding carboxylic acids is 1. The van der Waals surface area contributed by atoms with Crippen LogP contribution in [0.15, 0.2) is 18.5 Å². The molecule has 1 fully saturated rings. The van der Waals surface area contributed by atoms with Crippen molar-refractivity contribution in [2.75, 3.05) is 40.1 Å². The van der Waals surface area contributed by atoms with Gasteiger partial charge in [0.05, 0.1) is 17.4 Å². The number of rotatable bonds is 5. The summed E-state index contributed by atoms with van der Waals surface area (Å²) in [5.74, 6) is 0.0462. The lowest BCUT2D eigenvalue weighted by atomic mass is 9.75. The third-order valence-electron chi connectivity index (χ3n) is 4.43. The molecule has 0 aromatic carbocycles. The average molecular weight is 276 g/mol. The lowest BCUT2D eigenvalue weighted by Crippen LogP contribution is -2.57. The molecule has 1 saturated carbocycles. The van der Waals surface area contributed by atoms with Crippen molar-refractivity contribution in [3.05, 3.63) is 24.0 Å². The zero-order valence-corrected chi connectivity index (χ0v) is 12.8. The lowest BCUT2D eigenvalue weighted by molar-refractivity contribution is 0.0253. The van der Waals surface area contributed by atoms with Crippen LogP contribution in [0, 0.1) is 0 Å². The van der Waals surface area contributed by atoms with Crippen LogP contribution in [0.1, 0.15) is 29.6 Å². The van der Waals surface area contributed by atoms with Gasteiger partial charge in [-0.2, -0.15) is 0 Å². The number of hydrogen-bond acceptors (Lipinski definition) is 4. The number of nitrogens with one attached hydrogen (secondary N) is 1. The van der Waals surface area contributed by atoms with Crippen molar-refractivity contribution in [1.82, 2.24) is 14.8 Å². The highest BCUT2D eigenvalue weighted by atomic mass is 16.2. The first-order valence-corrected chi connectivity index (χ1v) is 7.05. The van der Waals surface area contributed by atoms with E-state index < -0.39 is 0 Å². The molecular weight excluding hydrogens is 252 g/mol. The Morgan fingerprint density at radius 3 is 2.60 bits per heavy atom. The molecule has 1 aromatic heterocycles. The van der Waals surface area contributed by atoms with E-state index in [0.717, 1.165) is 25.1 Å². The molecule has 110 valence electrons. The predicted octanol–water partition coefficient (Wildman–Crippen LogP) is 1.68. The van der Waals surface area contributed by atoms with Crippen LogP contribution in [0.25, 0.3) is 0 Å². The number of aromatic nitrogens is 1. The van der Waals surface area contributed by atoms with Gasteiger partial charge in [-0.3, -0.25) is 9.78 Å². The van der Waals surface area contributed by atoms with Gasteiger partial charge in [0.1, 0.15) is 0 Å². The summed E-state index contributed by atoms with van der Waals surface area (Å²) in [6, 6.07) is 1.77. The largest absolute Gasteiger partial charge is 0.386 e. The van der Waals surface area contributed by atoms with Crippen LogP contribution in [0.4, 0.5) is 5.69 Å². The molecule has 0 aliphatic heterocycles. The van der Waals surface area contributed by atoms with Gasteiger partial charge in [-0.25, -0.2) is 0 Å². The first kappa shape index (κ1) is 14.8. The minimum Gasteiger partial charge on any atom is -0.386 e. The molecule has 0 saturated heterocycles. The SMILES string of the molecule is CNc1cnccc1C(=O)N(C)CC1(N(C)C)CCC1. The van der Waals surface area contributed by atoms with E-state index in [1.807, 2.05) is 11.9 Å². The minimum absolute atomic E-state index is 0.0462. The molecule has 0 unspecified atom stereocenters. The van der Waals surface area contributed by atoms with Crippen LogP contribution < -0.4 is 5.32 Å². The molecule has 0 radical (unpaired) electrons. The lowest BCUT2D eigenvalue weighted by Gasteiger charge is -2.49. The predicted molar refractivity (Wildman–Crippen MR) is 81.0 cm³/mol. The number of amides is 1. The second-order valence-corrected chi connectivity index (χ2v) is 5.80. The Balaban J connectivity index is 2.13. The van der Waals surface area contributed by atoms with Crippen molar-refractivity contribution in [2.24, 2.45) is 0 Å². The van der Waals surface area contributed by atoms with Gasteiger partial charge in [-0.05, 0) is 39.4 Å². The van der Waals surface area contributed by atoms with Crippen molar-refractivity contribution >= 4 is 11.6 Å². The van der Waals surface area contributed by atoms with Gasteiger partial charge in [0.15, 0.2) is 0 Å². The number of hydrogen-bond donors (Lipinski definition) is 1. The van der Waals surface area contributed by atoms with E-state index in [1.165, 1.54) is 6.42 Å². The van der Waals surface area contributed by atoms with Gasteiger partial charge in [0.25, 0.3) is 5.91 Å². The van der Waals surface area contributed by atoms with E-state index in [-0.39, 0.29) is 11.4 Å². The van der Waals surface area contributed by atoms with Crippen LogP contribution in [-0.4, -0.2) is 61.0 Å². The van der Waals surface area contributed by atoms with Gasteiger partial charge in [0, 0.05) is 32.4 Å². The molecule has 1 aromatic rings. The number of anilines is 1. The highest BCUT2D eigenvalue weighted by molar-refractivity contribution is 5.99. The van der Waals surface area contributed by atoms with Crippen molar-refractivity contribution in [1.29, 1.82) is 0 Å². The maximum atomic E-state index is 12.6. The van der Waals surface area contributed by atoms with E-state index in [0.29, 0.717) is 5.56 Å². The molecule has 0 spiro atoms. The van der Waals surface area contributed by atoms with E-state index in [4.69, 9.17) is 0 Å². The molecule has 1 heterocycles. The summed E-state index contributed by atoms with van der Waals surface area (Å²) < 4.78 is 0. The van der Waals surface area contributed by atoms with Gasteiger partial charge in [0.2, 0.25) is 0 Å². The van der Waals surface area contributed by atoms with Gasteiger partial charge >= 0.3 is 0 Å². The van der Waals surface area contributed by atoms with E-state index in [1.54, 1.807) is 25.5 Å². The Hall–Kier alpha value is -1.62. The molecule has 0 bridgehead atoms. The molecular formula is C15H24N4O. The summed E-state index contributed by atoms with van der Waals surface area (Å²) in [5.41, 5.74) is 1.60. The average Bonchev–Trinajstić information content (AvgIpc) is 2.41. The summed E-state index contributed by atoms with van der Waals surface area (Å²) in [5, 5.41) is 3.02.